The summed E-state index contributed by atoms with van der Waals surface area (Å²) >= 11 is 0. The van der Waals surface area contributed by atoms with E-state index in [0.29, 0.717) is 0 Å². The first-order chi connectivity index (χ1) is 12.1. The fourth-order valence-electron chi connectivity index (χ4n) is 3.34. The molecule has 0 amide bonds. The minimum Gasteiger partial charge on any atom is -0.467 e. The highest BCUT2D eigenvalue weighted by Gasteiger charge is 2.30. The molecule has 0 bridgehead atoms. The Morgan fingerprint density at radius 1 is 1.32 bits per heavy atom. The zero-order valence-electron chi connectivity index (χ0n) is 14.8. The van der Waals surface area contributed by atoms with Crippen molar-refractivity contribution >= 4 is 5.97 Å². The number of carbonyl (C=O) groups is 1. The molecule has 25 heavy (non-hydrogen) atoms. The molecule has 0 saturated carbocycles. The SMILES string of the molecule is COC(=O)C(O)C1CCN(Cc2cn(-c3ccccc3)nc2C)CC1. The molecule has 0 radical (unpaired) electrons. The van der Waals surface area contributed by atoms with E-state index < -0.39 is 12.1 Å². The summed E-state index contributed by atoms with van der Waals surface area (Å²) < 4.78 is 6.55. The van der Waals surface area contributed by atoms with Gasteiger partial charge >= 0.3 is 5.97 Å². The summed E-state index contributed by atoms with van der Waals surface area (Å²) in [6.07, 6.45) is 2.67. The monoisotopic (exact) mass is 343 g/mol. The van der Waals surface area contributed by atoms with E-state index in [4.69, 9.17) is 0 Å². The van der Waals surface area contributed by atoms with E-state index in [-0.39, 0.29) is 5.92 Å². The van der Waals surface area contributed by atoms with E-state index in [1.165, 1.54) is 12.7 Å². The van der Waals surface area contributed by atoms with Crippen molar-refractivity contribution in [1.29, 1.82) is 0 Å². The molecular formula is C19H25N3O3. The van der Waals surface area contributed by atoms with Crippen molar-refractivity contribution in [3.8, 4) is 5.69 Å². The summed E-state index contributed by atoms with van der Waals surface area (Å²) in [5, 5.41) is 14.6. The van der Waals surface area contributed by atoms with Gasteiger partial charge in [0, 0.05) is 18.3 Å². The van der Waals surface area contributed by atoms with Crippen LogP contribution in [0, 0.1) is 12.8 Å². The second-order valence-corrected chi connectivity index (χ2v) is 6.60. The number of carbonyl (C=O) groups excluding carboxylic acids is 1. The van der Waals surface area contributed by atoms with Crippen LogP contribution in [-0.4, -0.2) is 52.1 Å². The fraction of sp³-hybridized carbons (Fsp3) is 0.474. The Bertz CT molecular complexity index is 706. The molecular weight excluding hydrogens is 318 g/mol. The molecule has 1 saturated heterocycles. The average Bonchev–Trinajstić information content (AvgIpc) is 3.02. The Hall–Kier alpha value is -2.18. The summed E-state index contributed by atoms with van der Waals surface area (Å²) in [4.78, 5) is 13.8. The number of aromatic nitrogens is 2. The first-order valence-corrected chi connectivity index (χ1v) is 8.67. The highest BCUT2D eigenvalue weighted by atomic mass is 16.5. The van der Waals surface area contributed by atoms with Gasteiger partial charge in [-0.05, 0) is 50.9 Å². The van der Waals surface area contributed by atoms with Gasteiger partial charge in [0.25, 0.3) is 0 Å². The van der Waals surface area contributed by atoms with Gasteiger partial charge in [0.15, 0.2) is 6.10 Å². The third-order valence-corrected chi connectivity index (χ3v) is 4.94. The number of aliphatic hydroxyl groups excluding tert-OH is 1. The zero-order chi connectivity index (χ0) is 17.8. The van der Waals surface area contributed by atoms with Gasteiger partial charge in [-0.25, -0.2) is 9.48 Å². The Labute approximate surface area is 148 Å². The highest BCUT2D eigenvalue weighted by Crippen LogP contribution is 2.23. The van der Waals surface area contributed by atoms with E-state index >= 15 is 0 Å². The van der Waals surface area contributed by atoms with Crippen LogP contribution in [0.5, 0.6) is 0 Å². The van der Waals surface area contributed by atoms with Crippen LogP contribution < -0.4 is 0 Å². The number of ether oxygens (including phenoxy) is 1. The minimum atomic E-state index is -1.00. The standard InChI is InChI=1S/C19H25N3O3/c1-14-16(13-22(20-14)17-6-4-3-5-7-17)12-21-10-8-15(9-11-21)18(23)19(24)25-2/h3-7,13,15,18,23H,8-12H2,1-2H3. The number of piperidine rings is 1. The highest BCUT2D eigenvalue weighted by molar-refractivity contribution is 5.74. The molecule has 1 atom stereocenters. The Kier molecular flexibility index (Phi) is 5.50. The first-order valence-electron chi connectivity index (χ1n) is 8.67. The number of rotatable bonds is 5. The number of hydrogen-bond donors (Lipinski definition) is 1. The molecule has 2 heterocycles. The molecule has 1 unspecified atom stereocenters. The maximum absolute atomic E-state index is 11.5. The number of benzene rings is 1. The van der Waals surface area contributed by atoms with Crippen molar-refractivity contribution in [3.05, 3.63) is 47.8 Å². The van der Waals surface area contributed by atoms with Crippen molar-refractivity contribution in [2.24, 2.45) is 5.92 Å². The average molecular weight is 343 g/mol. The van der Waals surface area contributed by atoms with Crippen LogP contribution in [0.15, 0.2) is 36.5 Å². The second-order valence-electron chi connectivity index (χ2n) is 6.60. The summed E-state index contributed by atoms with van der Waals surface area (Å²) in [6.45, 7) is 4.57. The lowest BCUT2D eigenvalue weighted by Crippen LogP contribution is -2.40. The van der Waals surface area contributed by atoms with Crippen molar-refractivity contribution in [2.45, 2.75) is 32.4 Å². The van der Waals surface area contributed by atoms with Crippen molar-refractivity contribution in [3.63, 3.8) is 0 Å². The topological polar surface area (TPSA) is 67.6 Å². The van der Waals surface area contributed by atoms with Crippen LogP contribution in [0.4, 0.5) is 0 Å². The van der Waals surface area contributed by atoms with Crippen LogP contribution >= 0.6 is 0 Å². The van der Waals surface area contributed by atoms with E-state index in [0.717, 1.165) is 43.9 Å². The van der Waals surface area contributed by atoms with E-state index in [9.17, 15) is 9.90 Å². The Balaban J connectivity index is 1.59. The van der Waals surface area contributed by atoms with Gasteiger partial charge in [-0.3, -0.25) is 4.90 Å². The molecule has 6 heteroatoms. The number of aliphatic hydroxyl groups is 1. The lowest BCUT2D eigenvalue weighted by Gasteiger charge is -2.33. The summed E-state index contributed by atoms with van der Waals surface area (Å²) in [5.74, 6) is -0.546. The van der Waals surface area contributed by atoms with Gasteiger partial charge in [-0.15, -0.1) is 0 Å². The minimum absolute atomic E-state index is 0.0168. The molecule has 1 aliphatic rings. The summed E-state index contributed by atoms with van der Waals surface area (Å²) in [6, 6.07) is 10.1. The molecule has 0 aliphatic carbocycles. The summed E-state index contributed by atoms with van der Waals surface area (Å²) in [5.41, 5.74) is 3.29. The lowest BCUT2D eigenvalue weighted by atomic mass is 9.91. The van der Waals surface area contributed by atoms with Crippen molar-refractivity contribution in [2.75, 3.05) is 20.2 Å². The van der Waals surface area contributed by atoms with Crippen LogP contribution in [-0.2, 0) is 16.1 Å². The summed E-state index contributed by atoms with van der Waals surface area (Å²) in [7, 11) is 1.31. The number of esters is 1. The molecule has 6 nitrogen and oxygen atoms in total. The molecule has 1 aromatic heterocycles. The molecule has 134 valence electrons. The molecule has 1 aliphatic heterocycles. The lowest BCUT2D eigenvalue weighted by molar-refractivity contribution is -0.154. The molecule has 3 rings (SSSR count). The Morgan fingerprint density at radius 2 is 2.00 bits per heavy atom. The van der Waals surface area contributed by atoms with Crippen LogP contribution in [0.25, 0.3) is 5.69 Å². The maximum Gasteiger partial charge on any atom is 0.334 e. The predicted molar refractivity (Wildman–Crippen MR) is 94.3 cm³/mol. The number of likely N-dealkylation sites (tertiary alicyclic amines) is 1. The molecule has 2 aromatic rings. The molecule has 1 N–H and O–H groups in total. The quantitative estimate of drug-likeness (QED) is 0.840. The van der Waals surface area contributed by atoms with Crippen LogP contribution in [0.1, 0.15) is 24.1 Å². The first kappa shape index (κ1) is 17.6. The Morgan fingerprint density at radius 3 is 2.64 bits per heavy atom. The van der Waals surface area contributed by atoms with Gasteiger partial charge in [-0.1, -0.05) is 18.2 Å². The number of nitrogens with zero attached hydrogens (tertiary/aromatic N) is 3. The van der Waals surface area contributed by atoms with E-state index in [1.54, 1.807) is 0 Å². The van der Waals surface area contributed by atoms with Gasteiger partial charge in [0.2, 0.25) is 0 Å². The van der Waals surface area contributed by atoms with Gasteiger partial charge in [0.1, 0.15) is 0 Å². The maximum atomic E-state index is 11.5. The third-order valence-electron chi connectivity index (χ3n) is 4.94. The molecule has 1 aromatic carbocycles. The largest absolute Gasteiger partial charge is 0.467 e. The van der Waals surface area contributed by atoms with Crippen LogP contribution in [0.2, 0.25) is 0 Å². The zero-order valence-corrected chi connectivity index (χ0v) is 14.8. The van der Waals surface area contributed by atoms with E-state index in [2.05, 4.69) is 20.9 Å². The van der Waals surface area contributed by atoms with E-state index in [1.807, 2.05) is 41.9 Å². The molecule has 1 fully saturated rings. The third kappa shape index (κ3) is 4.08. The predicted octanol–water partition coefficient (Wildman–Crippen LogP) is 1.93. The van der Waals surface area contributed by atoms with Gasteiger partial charge in [0.05, 0.1) is 18.5 Å². The fourth-order valence-corrected chi connectivity index (χ4v) is 3.34. The number of methoxy groups -OCH3 is 1. The number of aryl methyl sites for hydroxylation is 1. The second kappa shape index (κ2) is 7.80. The molecule has 0 spiro atoms. The normalized spacial score (nSPS) is 17.4. The van der Waals surface area contributed by atoms with Crippen LogP contribution in [0.3, 0.4) is 0 Å². The van der Waals surface area contributed by atoms with Crippen molar-refractivity contribution < 1.29 is 14.6 Å². The van der Waals surface area contributed by atoms with Gasteiger partial charge < -0.3 is 9.84 Å². The number of hydrogen-bond acceptors (Lipinski definition) is 5. The smallest absolute Gasteiger partial charge is 0.334 e. The number of para-hydroxylation sites is 1. The van der Waals surface area contributed by atoms with Gasteiger partial charge in [-0.2, -0.15) is 5.10 Å². The van der Waals surface area contributed by atoms with Crippen molar-refractivity contribution in [1.82, 2.24) is 14.7 Å².